The lowest BCUT2D eigenvalue weighted by atomic mass is 10.1. The minimum atomic E-state index is -0.100. The van der Waals surface area contributed by atoms with Crippen molar-refractivity contribution in [2.75, 3.05) is 28.6 Å². The molecule has 4 aromatic rings. The molecule has 12 heteroatoms. The number of rotatable bonds is 9. The van der Waals surface area contributed by atoms with Gasteiger partial charge in [-0.25, -0.2) is 0 Å². The predicted octanol–water partition coefficient (Wildman–Crippen LogP) is 4.51. The second kappa shape index (κ2) is 12.3. The third kappa shape index (κ3) is 7.34. The van der Waals surface area contributed by atoms with E-state index in [1.54, 1.807) is 11.8 Å². The minimum absolute atomic E-state index is 0.0973. The molecule has 0 aliphatic carbocycles. The van der Waals surface area contributed by atoms with Gasteiger partial charge in [0.05, 0.1) is 12.8 Å². The number of benzene rings is 2. The van der Waals surface area contributed by atoms with Crippen LogP contribution in [0.1, 0.15) is 24.0 Å². The average molecular weight is 552 g/mol. The van der Waals surface area contributed by atoms with Gasteiger partial charge in [-0.2, -0.15) is 0 Å². The lowest BCUT2D eigenvalue weighted by Crippen LogP contribution is -2.34. The highest BCUT2D eigenvalue weighted by Crippen LogP contribution is 2.35. The molecule has 1 fully saturated rings. The molecule has 0 spiro atoms. The van der Waals surface area contributed by atoms with Crippen molar-refractivity contribution in [2.45, 2.75) is 35.3 Å². The number of piperidine rings is 1. The normalized spacial score (nSPS) is 13.9. The Labute approximate surface area is 226 Å². The van der Waals surface area contributed by atoms with Crippen LogP contribution in [0.15, 0.2) is 65.0 Å². The van der Waals surface area contributed by atoms with Gasteiger partial charge in [-0.1, -0.05) is 95.1 Å². The molecule has 2 N–H and O–H groups in total. The molecule has 0 atom stereocenters. The molecule has 1 aliphatic rings. The SMILES string of the molecule is O=C(Cc1ccccc1)Nc1nnc(SC2CCN(c3nnc(NC(=O)Cc4ccccc4)s3)CC2)s1. The third-order valence-electron chi connectivity index (χ3n) is 5.71. The molecular weight excluding hydrogens is 527 g/mol. The summed E-state index contributed by atoms with van der Waals surface area (Å²) in [6, 6.07) is 19.2. The highest BCUT2D eigenvalue weighted by atomic mass is 32.2. The topological polar surface area (TPSA) is 113 Å². The maximum Gasteiger partial charge on any atom is 0.230 e. The van der Waals surface area contributed by atoms with E-state index in [9.17, 15) is 9.59 Å². The van der Waals surface area contributed by atoms with Crippen molar-refractivity contribution in [2.24, 2.45) is 0 Å². The first kappa shape index (κ1) is 25.3. The van der Waals surface area contributed by atoms with Gasteiger partial charge in [0.15, 0.2) is 4.34 Å². The fourth-order valence-electron chi connectivity index (χ4n) is 3.90. The van der Waals surface area contributed by atoms with Crippen molar-refractivity contribution >= 4 is 61.6 Å². The monoisotopic (exact) mass is 551 g/mol. The Kier molecular flexibility index (Phi) is 8.39. The number of nitrogens with zero attached hydrogens (tertiary/aromatic N) is 5. The number of nitrogens with one attached hydrogen (secondary N) is 2. The van der Waals surface area contributed by atoms with Crippen LogP contribution in [0.2, 0.25) is 0 Å². The van der Waals surface area contributed by atoms with Crippen molar-refractivity contribution in [3.05, 3.63) is 71.8 Å². The van der Waals surface area contributed by atoms with E-state index >= 15 is 0 Å². The zero-order valence-corrected chi connectivity index (χ0v) is 22.3. The second-order valence-corrected chi connectivity index (χ2v) is 12.0. The highest BCUT2D eigenvalue weighted by Gasteiger charge is 2.24. The molecule has 9 nitrogen and oxygen atoms in total. The Morgan fingerprint density at radius 1 is 0.784 bits per heavy atom. The molecule has 5 rings (SSSR count). The molecular formula is C25H25N7O2S3. The number of carbonyl (C=O) groups is 2. The molecule has 37 heavy (non-hydrogen) atoms. The molecule has 190 valence electrons. The first-order valence-electron chi connectivity index (χ1n) is 11.9. The van der Waals surface area contributed by atoms with E-state index < -0.39 is 0 Å². The Morgan fingerprint density at radius 2 is 1.32 bits per heavy atom. The van der Waals surface area contributed by atoms with Crippen LogP contribution in [0.5, 0.6) is 0 Å². The minimum Gasteiger partial charge on any atom is -0.347 e. The molecule has 3 heterocycles. The molecule has 1 saturated heterocycles. The van der Waals surface area contributed by atoms with E-state index in [2.05, 4.69) is 35.9 Å². The molecule has 0 radical (unpaired) electrons. The molecule has 1 aliphatic heterocycles. The van der Waals surface area contributed by atoms with E-state index in [0.717, 1.165) is 46.5 Å². The van der Waals surface area contributed by atoms with Crippen molar-refractivity contribution in [1.29, 1.82) is 0 Å². The number of hydrogen-bond acceptors (Lipinski definition) is 10. The summed E-state index contributed by atoms with van der Waals surface area (Å²) in [5.74, 6) is -0.198. The summed E-state index contributed by atoms with van der Waals surface area (Å²) >= 11 is 4.51. The van der Waals surface area contributed by atoms with Crippen molar-refractivity contribution in [1.82, 2.24) is 20.4 Å². The Bertz CT molecular complexity index is 1320. The molecule has 2 aromatic carbocycles. The number of carbonyl (C=O) groups excluding carboxylic acids is 2. The molecule has 0 bridgehead atoms. The predicted molar refractivity (Wildman–Crippen MR) is 148 cm³/mol. The van der Waals surface area contributed by atoms with Gasteiger partial charge < -0.3 is 15.5 Å². The van der Waals surface area contributed by atoms with Gasteiger partial charge in [0.1, 0.15) is 0 Å². The van der Waals surface area contributed by atoms with Crippen LogP contribution in [0.4, 0.5) is 15.4 Å². The van der Waals surface area contributed by atoms with Gasteiger partial charge in [0.25, 0.3) is 0 Å². The van der Waals surface area contributed by atoms with Gasteiger partial charge in [0, 0.05) is 18.3 Å². The summed E-state index contributed by atoms with van der Waals surface area (Å²) in [5.41, 5.74) is 1.92. The van der Waals surface area contributed by atoms with Crippen LogP contribution in [-0.4, -0.2) is 50.5 Å². The highest BCUT2D eigenvalue weighted by molar-refractivity contribution is 8.01. The third-order valence-corrected chi connectivity index (χ3v) is 8.87. The van der Waals surface area contributed by atoms with Gasteiger partial charge in [-0.3, -0.25) is 9.59 Å². The van der Waals surface area contributed by atoms with Crippen LogP contribution in [0.25, 0.3) is 0 Å². The van der Waals surface area contributed by atoms with Crippen LogP contribution in [0.3, 0.4) is 0 Å². The van der Waals surface area contributed by atoms with Crippen molar-refractivity contribution in [3.63, 3.8) is 0 Å². The summed E-state index contributed by atoms with van der Waals surface area (Å²) in [6.07, 6.45) is 2.55. The zero-order valence-electron chi connectivity index (χ0n) is 19.9. The van der Waals surface area contributed by atoms with Gasteiger partial charge in [-0.05, 0) is 24.0 Å². The number of aromatic nitrogens is 4. The molecule has 0 unspecified atom stereocenters. The molecule has 2 amide bonds. The number of amides is 2. The maximum atomic E-state index is 12.3. The number of thioether (sulfide) groups is 1. The standard InChI is InChI=1S/C25H25N7O2S3/c33-20(15-17-7-3-1-4-8-17)26-22-28-30-24(36-22)32-13-11-19(12-14-32)35-25-31-29-23(37-25)27-21(34)16-18-9-5-2-6-10-18/h1-10,19H,11-16H2,(H,26,28,33)(H,27,29,34). The van der Waals surface area contributed by atoms with Crippen molar-refractivity contribution in [3.8, 4) is 0 Å². The first-order chi connectivity index (χ1) is 18.1. The van der Waals surface area contributed by atoms with E-state index in [1.807, 2.05) is 60.7 Å². The Morgan fingerprint density at radius 3 is 1.92 bits per heavy atom. The van der Waals surface area contributed by atoms with Crippen LogP contribution >= 0.6 is 34.4 Å². The Hall–Kier alpha value is -3.35. The second-order valence-electron chi connectivity index (χ2n) is 8.49. The van der Waals surface area contributed by atoms with E-state index in [4.69, 9.17) is 0 Å². The Balaban J connectivity index is 1.06. The largest absolute Gasteiger partial charge is 0.347 e. The maximum absolute atomic E-state index is 12.3. The van der Waals surface area contributed by atoms with Gasteiger partial charge in [0.2, 0.25) is 27.2 Å². The first-order valence-corrected chi connectivity index (χ1v) is 14.4. The number of hydrogen-bond donors (Lipinski definition) is 2. The summed E-state index contributed by atoms with van der Waals surface area (Å²) < 4.78 is 0.854. The van der Waals surface area contributed by atoms with E-state index in [0.29, 0.717) is 28.4 Å². The summed E-state index contributed by atoms with van der Waals surface area (Å²) in [4.78, 5) is 26.8. The van der Waals surface area contributed by atoms with Gasteiger partial charge >= 0.3 is 0 Å². The van der Waals surface area contributed by atoms with E-state index in [1.165, 1.54) is 22.7 Å². The van der Waals surface area contributed by atoms with Gasteiger partial charge in [-0.15, -0.1) is 20.4 Å². The molecule has 0 saturated carbocycles. The van der Waals surface area contributed by atoms with Crippen molar-refractivity contribution < 1.29 is 9.59 Å². The smallest absolute Gasteiger partial charge is 0.230 e. The van der Waals surface area contributed by atoms with E-state index in [-0.39, 0.29) is 11.8 Å². The fraction of sp³-hybridized carbons (Fsp3) is 0.280. The fourth-order valence-corrected chi connectivity index (χ4v) is 6.86. The number of anilines is 3. The lowest BCUT2D eigenvalue weighted by molar-refractivity contribution is -0.116. The zero-order chi connectivity index (χ0) is 25.5. The van der Waals surface area contributed by atoms with Crippen LogP contribution in [0, 0.1) is 0 Å². The molecule has 2 aromatic heterocycles. The van der Waals surface area contributed by atoms with Crippen LogP contribution < -0.4 is 15.5 Å². The van der Waals surface area contributed by atoms with Crippen LogP contribution in [-0.2, 0) is 22.4 Å². The summed E-state index contributed by atoms with van der Waals surface area (Å²) in [6.45, 7) is 1.70. The summed E-state index contributed by atoms with van der Waals surface area (Å²) in [5, 5.41) is 24.8. The summed E-state index contributed by atoms with van der Waals surface area (Å²) in [7, 11) is 0. The quantitative estimate of drug-likeness (QED) is 0.292. The average Bonchev–Trinajstić information content (AvgIpc) is 3.55. The lowest BCUT2D eigenvalue weighted by Gasteiger charge is -2.30.